The molecule has 1 atom stereocenters. The first-order valence-electron chi connectivity index (χ1n) is 9.25. The van der Waals surface area contributed by atoms with Crippen LogP contribution < -0.4 is 11.1 Å². The zero-order valence-corrected chi connectivity index (χ0v) is 16.1. The lowest BCUT2D eigenvalue weighted by molar-refractivity contribution is -0.380. The van der Waals surface area contributed by atoms with Crippen molar-refractivity contribution in [2.45, 2.75) is 77.1 Å². The first-order chi connectivity index (χ1) is 11.6. The van der Waals surface area contributed by atoms with Crippen molar-refractivity contribution in [2.75, 3.05) is 27.9 Å². The summed E-state index contributed by atoms with van der Waals surface area (Å²) in [7, 11) is 4.86. The van der Waals surface area contributed by atoms with Gasteiger partial charge in [0.05, 0.1) is 0 Å². The van der Waals surface area contributed by atoms with E-state index in [1.54, 1.807) is 21.3 Å². The van der Waals surface area contributed by atoms with Gasteiger partial charge in [0, 0.05) is 33.8 Å². The van der Waals surface area contributed by atoms with Gasteiger partial charge in [0.25, 0.3) is 5.97 Å². The highest BCUT2D eigenvalue weighted by molar-refractivity contribution is 5.71. The molecule has 1 unspecified atom stereocenters. The average Bonchev–Trinajstić information content (AvgIpc) is 2.58. The van der Waals surface area contributed by atoms with E-state index in [0.717, 1.165) is 32.1 Å². The molecule has 6 nitrogen and oxygen atoms in total. The molecule has 0 radical (unpaired) electrons. The molecule has 0 aliphatic heterocycles. The number of methoxy groups -OCH3 is 3. The lowest BCUT2D eigenvalue weighted by Gasteiger charge is -2.36. The summed E-state index contributed by atoms with van der Waals surface area (Å²) in [5.41, 5.74) is 5.07. The standard InChI is InChI=1S/C18H38N2O4/c1-5-6-7-8-9-10-13-16(18(22-2,23-3)24-4)14-11-12-15-20-17(19)21/h16H,5-15H2,1-4H3,(H3,19,20,21). The Morgan fingerprint density at radius 1 is 0.917 bits per heavy atom. The molecule has 144 valence electrons. The molecule has 0 saturated carbocycles. The van der Waals surface area contributed by atoms with Crippen LogP contribution in [0.5, 0.6) is 0 Å². The number of hydrogen-bond acceptors (Lipinski definition) is 4. The number of urea groups is 1. The fraction of sp³-hybridized carbons (Fsp3) is 0.944. The van der Waals surface area contributed by atoms with E-state index < -0.39 is 12.0 Å². The molecule has 0 saturated heterocycles. The van der Waals surface area contributed by atoms with Gasteiger partial charge >= 0.3 is 6.03 Å². The Bertz CT molecular complexity index is 301. The van der Waals surface area contributed by atoms with Crippen LogP contribution in [0.25, 0.3) is 0 Å². The molecule has 3 N–H and O–H groups in total. The van der Waals surface area contributed by atoms with Gasteiger partial charge in [-0.2, -0.15) is 0 Å². The Hall–Kier alpha value is -0.850. The van der Waals surface area contributed by atoms with E-state index in [0.29, 0.717) is 6.54 Å². The summed E-state index contributed by atoms with van der Waals surface area (Å²) in [5.74, 6) is -0.821. The monoisotopic (exact) mass is 346 g/mol. The molecule has 0 aromatic carbocycles. The zero-order chi connectivity index (χ0) is 18.3. The molecule has 0 rings (SSSR count). The highest BCUT2D eigenvalue weighted by Crippen LogP contribution is 2.32. The van der Waals surface area contributed by atoms with Crippen LogP contribution in [-0.2, 0) is 14.2 Å². The lowest BCUT2D eigenvalue weighted by Crippen LogP contribution is -2.44. The zero-order valence-electron chi connectivity index (χ0n) is 16.1. The van der Waals surface area contributed by atoms with Crippen LogP contribution >= 0.6 is 0 Å². The number of rotatable bonds is 16. The van der Waals surface area contributed by atoms with E-state index in [-0.39, 0.29) is 5.92 Å². The SMILES string of the molecule is CCCCCCCCC(CCCCNC(N)=O)C(OC)(OC)OC. The van der Waals surface area contributed by atoms with Gasteiger partial charge in [-0.3, -0.25) is 0 Å². The summed E-state index contributed by atoms with van der Waals surface area (Å²) in [6, 6.07) is -0.473. The highest BCUT2D eigenvalue weighted by atomic mass is 16.9. The predicted octanol–water partition coefficient (Wildman–Crippen LogP) is 3.78. The number of unbranched alkanes of at least 4 members (excludes halogenated alkanes) is 6. The van der Waals surface area contributed by atoms with Crippen molar-refractivity contribution in [2.24, 2.45) is 11.7 Å². The molecule has 0 aliphatic carbocycles. The van der Waals surface area contributed by atoms with Crippen molar-refractivity contribution in [1.82, 2.24) is 5.32 Å². The second-order valence-electron chi connectivity index (χ2n) is 6.26. The number of hydrogen-bond donors (Lipinski definition) is 2. The maximum Gasteiger partial charge on any atom is 0.312 e. The number of amides is 2. The number of nitrogens with one attached hydrogen (secondary N) is 1. The molecule has 0 aliphatic rings. The Kier molecular flexibility index (Phi) is 14.0. The van der Waals surface area contributed by atoms with Crippen molar-refractivity contribution < 1.29 is 19.0 Å². The van der Waals surface area contributed by atoms with Crippen molar-refractivity contribution in [3.8, 4) is 0 Å². The second-order valence-corrected chi connectivity index (χ2v) is 6.26. The molecule has 6 heteroatoms. The van der Waals surface area contributed by atoms with Crippen molar-refractivity contribution in [1.29, 1.82) is 0 Å². The van der Waals surface area contributed by atoms with Crippen molar-refractivity contribution in [3.05, 3.63) is 0 Å². The van der Waals surface area contributed by atoms with E-state index in [2.05, 4.69) is 12.2 Å². The average molecular weight is 347 g/mol. The van der Waals surface area contributed by atoms with Crippen LogP contribution in [0.3, 0.4) is 0 Å². The minimum Gasteiger partial charge on any atom is -0.352 e. The highest BCUT2D eigenvalue weighted by Gasteiger charge is 2.39. The van der Waals surface area contributed by atoms with Gasteiger partial charge in [0.2, 0.25) is 0 Å². The van der Waals surface area contributed by atoms with Gasteiger partial charge < -0.3 is 25.3 Å². The largest absolute Gasteiger partial charge is 0.352 e. The van der Waals surface area contributed by atoms with Crippen LogP contribution in [0.15, 0.2) is 0 Å². The molecular formula is C18H38N2O4. The van der Waals surface area contributed by atoms with Crippen LogP contribution in [0, 0.1) is 5.92 Å². The molecular weight excluding hydrogens is 308 g/mol. The van der Waals surface area contributed by atoms with E-state index in [9.17, 15) is 4.79 Å². The summed E-state index contributed by atoms with van der Waals surface area (Å²) in [5, 5.41) is 2.62. The quantitative estimate of drug-likeness (QED) is 0.329. The smallest absolute Gasteiger partial charge is 0.312 e. The molecule has 0 aromatic rings. The van der Waals surface area contributed by atoms with Gasteiger partial charge in [-0.15, -0.1) is 0 Å². The molecule has 0 aromatic heterocycles. The van der Waals surface area contributed by atoms with Crippen LogP contribution in [0.2, 0.25) is 0 Å². The van der Waals surface area contributed by atoms with Crippen LogP contribution in [-0.4, -0.2) is 39.9 Å². The number of carbonyl (C=O) groups is 1. The number of ether oxygens (including phenoxy) is 3. The summed E-state index contributed by atoms with van der Waals surface area (Å²) in [6.07, 6.45) is 11.3. The number of nitrogens with two attached hydrogens (primary N) is 1. The maximum absolute atomic E-state index is 10.7. The van der Waals surface area contributed by atoms with Crippen LogP contribution in [0.1, 0.15) is 71.1 Å². The third-order valence-electron chi connectivity index (χ3n) is 4.54. The van der Waals surface area contributed by atoms with E-state index in [4.69, 9.17) is 19.9 Å². The van der Waals surface area contributed by atoms with Crippen LogP contribution in [0.4, 0.5) is 4.79 Å². The fourth-order valence-electron chi connectivity index (χ4n) is 3.15. The van der Waals surface area contributed by atoms with Crippen molar-refractivity contribution >= 4 is 6.03 Å². The maximum atomic E-state index is 10.7. The second kappa shape index (κ2) is 14.5. The lowest BCUT2D eigenvalue weighted by atomic mass is 9.92. The van der Waals surface area contributed by atoms with Crippen molar-refractivity contribution in [3.63, 3.8) is 0 Å². The van der Waals surface area contributed by atoms with E-state index in [1.165, 1.54) is 32.1 Å². The van der Waals surface area contributed by atoms with Gasteiger partial charge in [0.15, 0.2) is 0 Å². The molecule has 2 amide bonds. The minimum absolute atomic E-state index is 0.164. The summed E-state index contributed by atoms with van der Waals surface area (Å²) in [4.78, 5) is 10.7. The Labute approximate surface area is 147 Å². The van der Waals surface area contributed by atoms with Gasteiger partial charge in [-0.05, 0) is 19.3 Å². The first-order valence-corrected chi connectivity index (χ1v) is 9.25. The normalized spacial score (nSPS) is 13.0. The van der Waals surface area contributed by atoms with Gasteiger partial charge in [-0.25, -0.2) is 4.79 Å². The van der Waals surface area contributed by atoms with Gasteiger partial charge in [0.1, 0.15) is 0 Å². The molecule has 0 fully saturated rings. The summed E-state index contributed by atoms with van der Waals surface area (Å²) >= 11 is 0. The summed E-state index contributed by atoms with van der Waals surface area (Å²) in [6.45, 7) is 2.83. The minimum atomic E-state index is -0.986. The first kappa shape index (κ1) is 23.1. The molecule has 0 heterocycles. The number of primary amides is 1. The Balaban J connectivity index is 4.35. The number of carbonyl (C=O) groups excluding carboxylic acids is 1. The van der Waals surface area contributed by atoms with E-state index in [1.807, 2.05) is 0 Å². The Morgan fingerprint density at radius 2 is 1.42 bits per heavy atom. The topological polar surface area (TPSA) is 82.8 Å². The fourth-order valence-corrected chi connectivity index (χ4v) is 3.15. The third kappa shape index (κ3) is 9.45. The summed E-state index contributed by atoms with van der Waals surface area (Å²) < 4.78 is 16.7. The molecule has 0 bridgehead atoms. The van der Waals surface area contributed by atoms with E-state index >= 15 is 0 Å². The predicted molar refractivity (Wildman–Crippen MR) is 96.7 cm³/mol. The molecule has 0 spiro atoms. The molecule has 24 heavy (non-hydrogen) atoms. The third-order valence-corrected chi connectivity index (χ3v) is 4.54. The Morgan fingerprint density at radius 3 is 1.92 bits per heavy atom. The van der Waals surface area contributed by atoms with Gasteiger partial charge in [-0.1, -0.05) is 51.9 Å².